The highest BCUT2D eigenvalue weighted by Gasteiger charge is 2.35. The lowest BCUT2D eigenvalue weighted by atomic mass is 9.75. The molecule has 0 saturated heterocycles. The zero-order valence-corrected chi connectivity index (χ0v) is 26.0. The minimum absolute atomic E-state index is 0.0721. The number of para-hydroxylation sites is 2. The van der Waals surface area contributed by atoms with Gasteiger partial charge in [0.2, 0.25) is 0 Å². The van der Waals surface area contributed by atoms with Crippen molar-refractivity contribution in [2.75, 3.05) is 32.6 Å². The summed E-state index contributed by atoms with van der Waals surface area (Å²) in [7, 11) is 1.60. The molecule has 41 heavy (non-hydrogen) atoms. The third kappa shape index (κ3) is 10.6. The second-order valence-electron chi connectivity index (χ2n) is 10.9. The van der Waals surface area contributed by atoms with Gasteiger partial charge in [0.1, 0.15) is 18.5 Å². The predicted octanol–water partition coefficient (Wildman–Crippen LogP) is 5.92. The Labute approximate surface area is 248 Å². The molecule has 0 heterocycles. The first-order valence-corrected chi connectivity index (χ1v) is 15.0. The fraction of sp³-hybridized carbons (Fsp3) is 0.581. The Balaban J connectivity index is 0.00000187. The lowest BCUT2D eigenvalue weighted by molar-refractivity contribution is -0.0160. The molecule has 0 aliphatic heterocycles. The van der Waals surface area contributed by atoms with Gasteiger partial charge in [-0.25, -0.2) is 4.79 Å². The Hall–Kier alpha value is -3.27. The number of nitrogen functional groups attached to an aromatic ring is 1. The Morgan fingerprint density at radius 2 is 1.71 bits per heavy atom. The average Bonchev–Trinajstić information content (AvgIpc) is 2.92. The number of nitrogens with zero attached hydrogens (tertiary/aromatic N) is 1. The zero-order valence-electron chi connectivity index (χ0n) is 25.2. The normalized spacial score (nSPS) is 18.9. The molecule has 0 spiro atoms. The summed E-state index contributed by atoms with van der Waals surface area (Å²) in [5.41, 5.74) is 7.76. The van der Waals surface area contributed by atoms with Crippen LogP contribution in [0.25, 0.3) is 0 Å². The number of carbonyl (C=O) groups excluding carboxylic acids is 1. The summed E-state index contributed by atoms with van der Waals surface area (Å²) >= 11 is -0.750. The van der Waals surface area contributed by atoms with Crippen molar-refractivity contribution in [1.82, 2.24) is 4.90 Å². The van der Waals surface area contributed by atoms with E-state index in [-0.39, 0.29) is 18.2 Å². The van der Waals surface area contributed by atoms with Crippen LogP contribution in [-0.2, 0) is 22.7 Å². The number of anilines is 1. The average molecular weight is 591 g/mol. The molecule has 2 aromatic carbocycles. The summed E-state index contributed by atoms with van der Waals surface area (Å²) in [6.07, 6.45) is 3.46. The highest BCUT2D eigenvalue weighted by molar-refractivity contribution is 7.51. The summed E-state index contributed by atoms with van der Waals surface area (Å²) in [5, 5.41) is 0. The molecule has 1 aliphatic rings. The Kier molecular flexibility index (Phi) is 14.5. The maximum Gasteiger partial charge on any atom is 0.410 e. The fourth-order valence-corrected chi connectivity index (χ4v) is 5.40. The number of nitrogens with two attached hydrogens (primary N) is 1. The molecule has 4 atom stereocenters. The van der Waals surface area contributed by atoms with E-state index < -0.39 is 11.6 Å². The lowest BCUT2D eigenvalue weighted by Gasteiger charge is -2.38. The molecule has 2 N–H and O–H groups in total. The molecule has 1 aliphatic carbocycles. The molecule has 0 aromatic heterocycles. The van der Waals surface area contributed by atoms with Crippen LogP contribution in [0, 0.1) is 17.8 Å². The number of amides is 1. The molecular weight excluding hydrogens is 544 g/mol. The molecule has 2 aromatic rings. The number of hydrogen-bond acceptors (Lipinski definition) is 8. The van der Waals surface area contributed by atoms with Gasteiger partial charge in [-0.05, 0) is 80.7 Å². The second-order valence-corrected chi connectivity index (χ2v) is 11.0. The standard InChI is InChI=1S/C31H46N2O5.O2S/c1-7-36-28-10-8-9-11-29(28)37-17-16-33(23(5)19-24-13-15-27(35-6)26(32)20-24)31(34)38-30-18-22(4)12-14-25(30)21(2)3;1-3-2/h8-11,13,15,20-23,25,30H,7,12,14,16-19,32H2,1-6H3;/t22-,23-,25+,30-;/m1./s1. The van der Waals surface area contributed by atoms with Crippen LogP contribution in [0.2, 0.25) is 0 Å². The Morgan fingerprint density at radius 3 is 2.29 bits per heavy atom. The molecule has 1 amide bonds. The quantitative estimate of drug-likeness (QED) is 0.303. The molecule has 1 fully saturated rings. The van der Waals surface area contributed by atoms with Crippen LogP contribution in [0.3, 0.4) is 0 Å². The van der Waals surface area contributed by atoms with Crippen molar-refractivity contribution in [2.24, 2.45) is 17.8 Å². The van der Waals surface area contributed by atoms with E-state index in [1.165, 1.54) is 6.42 Å². The first-order valence-electron chi connectivity index (χ1n) is 14.3. The monoisotopic (exact) mass is 590 g/mol. The maximum atomic E-state index is 13.7. The van der Waals surface area contributed by atoms with E-state index in [0.29, 0.717) is 66.9 Å². The Morgan fingerprint density at radius 1 is 1.05 bits per heavy atom. The van der Waals surface area contributed by atoms with Crippen molar-refractivity contribution < 1.29 is 32.2 Å². The molecule has 228 valence electrons. The second kappa shape index (κ2) is 17.5. The Bertz CT molecular complexity index is 1120. The molecule has 3 rings (SSSR count). The highest BCUT2D eigenvalue weighted by Crippen LogP contribution is 2.36. The van der Waals surface area contributed by atoms with Gasteiger partial charge < -0.3 is 29.6 Å². The van der Waals surface area contributed by atoms with Gasteiger partial charge in [0.15, 0.2) is 11.5 Å². The van der Waals surface area contributed by atoms with Crippen molar-refractivity contribution >= 4 is 23.4 Å². The van der Waals surface area contributed by atoms with Crippen LogP contribution in [0.1, 0.15) is 59.4 Å². The number of carbonyl (C=O) groups is 1. The van der Waals surface area contributed by atoms with E-state index >= 15 is 0 Å². The third-order valence-corrected chi connectivity index (χ3v) is 7.54. The van der Waals surface area contributed by atoms with Crippen molar-refractivity contribution in [3.63, 3.8) is 0 Å². The summed E-state index contributed by atoms with van der Waals surface area (Å²) in [6.45, 7) is 11.9. The number of rotatable bonds is 12. The highest BCUT2D eigenvalue weighted by atomic mass is 32.1. The van der Waals surface area contributed by atoms with Crippen molar-refractivity contribution in [3.8, 4) is 17.2 Å². The maximum absolute atomic E-state index is 13.7. The van der Waals surface area contributed by atoms with Gasteiger partial charge in [0, 0.05) is 6.04 Å². The van der Waals surface area contributed by atoms with E-state index in [9.17, 15) is 4.79 Å². The third-order valence-electron chi connectivity index (χ3n) is 7.54. The molecular formula is C31H46N2O7S. The van der Waals surface area contributed by atoms with Gasteiger partial charge in [-0.15, -0.1) is 0 Å². The first-order chi connectivity index (χ1) is 19.6. The van der Waals surface area contributed by atoms with E-state index in [2.05, 4.69) is 20.8 Å². The van der Waals surface area contributed by atoms with Gasteiger partial charge in [0.25, 0.3) is 0 Å². The zero-order chi connectivity index (χ0) is 30.4. The summed E-state index contributed by atoms with van der Waals surface area (Å²) in [6, 6.07) is 13.2. The van der Waals surface area contributed by atoms with Gasteiger partial charge in [-0.3, -0.25) is 0 Å². The topological polar surface area (TPSA) is 117 Å². The van der Waals surface area contributed by atoms with Crippen LogP contribution in [0.5, 0.6) is 17.2 Å². The van der Waals surface area contributed by atoms with Crippen LogP contribution in [0.15, 0.2) is 42.5 Å². The number of hydrogen-bond donors (Lipinski definition) is 1. The first kappa shape index (κ1) is 33.9. The predicted molar refractivity (Wildman–Crippen MR) is 161 cm³/mol. The van der Waals surface area contributed by atoms with Crippen LogP contribution < -0.4 is 19.9 Å². The van der Waals surface area contributed by atoms with Crippen molar-refractivity contribution in [2.45, 2.75) is 72.4 Å². The van der Waals surface area contributed by atoms with Crippen molar-refractivity contribution in [1.29, 1.82) is 0 Å². The van der Waals surface area contributed by atoms with Gasteiger partial charge >= 0.3 is 17.7 Å². The van der Waals surface area contributed by atoms with E-state index in [1.807, 2.05) is 56.3 Å². The SMILES string of the molecule is CCOc1ccccc1OCCN(C(=O)O[C@@H]1C[C@H](C)CC[C@H]1C(C)C)[C@H](C)Cc1ccc(OC)c(N)c1.O=S=O. The summed E-state index contributed by atoms with van der Waals surface area (Å²) < 4.78 is 39.9. The minimum atomic E-state index is -0.750. The minimum Gasteiger partial charge on any atom is -0.495 e. The van der Waals surface area contributed by atoms with Gasteiger partial charge in [0.05, 0.1) is 25.9 Å². The molecule has 0 unspecified atom stereocenters. The summed E-state index contributed by atoms with van der Waals surface area (Å²) in [4.78, 5) is 15.5. The van der Waals surface area contributed by atoms with Crippen LogP contribution in [0.4, 0.5) is 10.5 Å². The van der Waals surface area contributed by atoms with E-state index in [4.69, 9.17) is 33.1 Å². The lowest BCUT2D eigenvalue weighted by Crippen LogP contribution is -2.46. The van der Waals surface area contributed by atoms with Gasteiger partial charge in [-0.2, -0.15) is 8.42 Å². The van der Waals surface area contributed by atoms with Crippen LogP contribution in [-0.4, -0.2) is 58.4 Å². The van der Waals surface area contributed by atoms with E-state index in [0.717, 1.165) is 18.4 Å². The fourth-order valence-electron chi connectivity index (χ4n) is 5.40. The van der Waals surface area contributed by atoms with E-state index in [1.54, 1.807) is 12.0 Å². The summed E-state index contributed by atoms with van der Waals surface area (Å²) in [5.74, 6) is 3.40. The van der Waals surface area contributed by atoms with Crippen LogP contribution >= 0.6 is 0 Å². The number of benzene rings is 2. The molecule has 0 bridgehead atoms. The molecule has 1 saturated carbocycles. The van der Waals surface area contributed by atoms with Crippen molar-refractivity contribution in [3.05, 3.63) is 48.0 Å². The molecule has 10 heteroatoms. The van der Waals surface area contributed by atoms with Gasteiger partial charge in [-0.1, -0.05) is 45.4 Å². The molecule has 9 nitrogen and oxygen atoms in total. The largest absolute Gasteiger partial charge is 0.495 e. The number of ether oxygens (including phenoxy) is 4. The number of methoxy groups -OCH3 is 1. The smallest absolute Gasteiger partial charge is 0.410 e. The molecule has 0 radical (unpaired) electrons.